The van der Waals surface area contributed by atoms with E-state index in [1.807, 2.05) is 0 Å². The Hall–Kier alpha value is -1.07. The van der Waals surface area contributed by atoms with Crippen molar-refractivity contribution in [1.29, 1.82) is 0 Å². The average Bonchev–Trinajstić information content (AvgIpc) is 2.42. The van der Waals surface area contributed by atoms with Gasteiger partial charge in [0.05, 0.1) is 21.0 Å². The van der Waals surface area contributed by atoms with E-state index in [2.05, 4.69) is 0 Å². The molecule has 0 aliphatic rings. The summed E-state index contributed by atoms with van der Waals surface area (Å²) in [5.41, 5.74) is 1.37. The summed E-state index contributed by atoms with van der Waals surface area (Å²) < 4.78 is 23.1. The van der Waals surface area contributed by atoms with Crippen LogP contribution < -0.4 is 0 Å². The summed E-state index contributed by atoms with van der Waals surface area (Å²) in [7, 11) is -3.29. The maximum Gasteiger partial charge on any atom is 0.175 e. The monoisotopic (exact) mass is 344 g/mol. The minimum Gasteiger partial charge on any atom is -0.388 e. The van der Waals surface area contributed by atoms with Crippen molar-refractivity contribution in [2.75, 3.05) is 6.26 Å². The van der Waals surface area contributed by atoms with Crippen LogP contribution in [0.2, 0.25) is 10.0 Å². The van der Waals surface area contributed by atoms with Gasteiger partial charge in [-0.25, -0.2) is 8.42 Å². The largest absolute Gasteiger partial charge is 0.388 e. The molecule has 2 rings (SSSR count). The predicted molar refractivity (Wildman–Crippen MR) is 84.7 cm³/mol. The van der Waals surface area contributed by atoms with Gasteiger partial charge in [-0.3, -0.25) is 0 Å². The fourth-order valence-electron chi connectivity index (χ4n) is 1.96. The summed E-state index contributed by atoms with van der Waals surface area (Å²) in [6.45, 7) is 0. The normalized spacial score (nSPS) is 13.1. The van der Waals surface area contributed by atoms with Gasteiger partial charge in [0.25, 0.3) is 0 Å². The van der Waals surface area contributed by atoms with E-state index < -0.39 is 15.9 Å². The molecule has 0 saturated heterocycles. The van der Waals surface area contributed by atoms with Crippen LogP contribution in [0.1, 0.15) is 17.2 Å². The van der Waals surface area contributed by atoms with E-state index in [1.165, 1.54) is 12.1 Å². The quantitative estimate of drug-likeness (QED) is 0.920. The number of rotatable bonds is 4. The zero-order valence-corrected chi connectivity index (χ0v) is 13.6. The van der Waals surface area contributed by atoms with Gasteiger partial charge in [-0.15, -0.1) is 0 Å². The van der Waals surface area contributed by atoms with Crippen LogP contribution in [0.5, 0.6) is 0 Å². The van der Waals surface area contributed by atoms with Gasteiger partial charge in [-0.2, -0.15) is 0 Å². The molecule has 0 aliphatic heterocycles. The lowest BCUT2D eigenvalue weighted by molar-refractivity contribution is 0.178. The van der Waals surface area contributed by atoms with Gasteiger partial charge < -0.3 is 5.11 Å². The molecule has 3 nitrogen and oxygen atoms in total. The smallest absolute Gasteiger partial charge is 0.175 e. The Kier molecular flexibility index (Phi) is 4.94. The third kappa shape index (κ3) is 4.20. The molecule has 0 radical (unpaired) electrons. The third-order valence-electron chi connectivity index (χ3n) is 3.08. The van der Waals surface area contributed by atoms with Crippen molar-refractivity contribution in [3.8, 4) is 0 Å². The van der Waals surface area contributed by atoms with Crippen molar-refractivity contribution >= 4 is 33.0 Å². The molecule has 1 atom stereocenters. The highest BCUT2D eigenvalue weighted by Crippen LogP contribution is 2.26. The topological polar surface area (TPSA) is 54.4 Å². The molecular formula is C15H14Cl2O3S. The van der Waals surface area contributed by atoms with Crippen LogP contribution in [-0.4, -0.2) is 19.8 Å². The zero-order valence-electron chi connectivity index (χ0n) is 11.3. The predicted octanol–water partition coefficient (Wildman–Crippen LogP) is 3.67. The summed E-state index contributed by atoms with van der Waals surface area (Å²) >= 11 is 11.8. The maximum atomic E-state index is 11.5. The lowest BCUT2D eigenvalue weighted by Crippen LogP contribution is -2.04. The van der Waals surface area contributed by atoms with Crippen molar-refractivity contribution in [2.24, 2.45) is 0 Å². The van der Waals surface area contributed by atoms with E-state index in [1.54, 1.807) is 30.3 Å². The van der Waals surface area contributed by atoms with Gasteiger partial charge >= 0.3 is 0 Å². The standard InChI is InChI=1S/C15H14Cl2O3S/c1-21(19,20)12-4-2-3-11(9-12)15(18)8-10-5-6-13(16)14(17)7-10/h2-7,9,15,18H,8H2,1H3. The fraction of sp³-hybridized carbons (Fsp3) is 0.200. The molecule has 0 saturated carbocycles. The second kappa shape index (κ2) is 6.36. The molecule has 0 fully saturated rings. The Morgan fingerprint density at radius 3 is 2.43 bits per heavy atom. The molecule has 0 bridgehead atoms. The van der Waals surface area contributed by atoms with E-state index in [4.69, 9.17) is 23.2 Å². The number of benzene rings is 2. The first-order valence-electron chi connectivity index (χ1n) is 6.19. The summed E-state index contributed by atoms with van der Waals surface area (Å²) in [5, 5.41) is 11.1. The SMILES string of the molecule is CS(=O)(=O)c1cccc(C(O)Cc2ccc(Cl)c(Cl)c2)c1. The summed E-state index contributed by atoms with van der Waals surface area (Å²) in [6.07, 6.45) is 0.644. The van der Waals surface area contributed by atoms with Crippen molar-refractivity contribution < 1.29 is 13.5 Å². The van der Waals surface area contributed by atoms with Gasteiger partial charge in [-0.05, 0) is 35.4 Å². The van der Waals surface area contributed by atoms with Crippen LogP contribution in [0, 0.1) is 0 Å². The summed E-state index contributed by atoms with van der Waals surface area (Å²) in [4.78, 5) is 0.188. The lowest BCUT2D eigenvalue weighted by atomic mass is 10.0. The van der Waals surface area contributed by atoms with E-state index in [9.17, 15) is 13.5 Å². The highest BCUT2D eigenvalue weighted by atomic mass is 35.5. The van der Waals surface area contributed by atoms with Crippen molar-refractivity contribution in [3.63, 3.8) is 0 Å². The van der Waals surface area contributed by atoms with Gasteiger partial charge in [0, 0.05) is 12.7 Å². The van der Waals surface area contributed by atoms with Gasteiger partial charge in [0.2, 0.25) is 0 Å². The molecule has 112 valence electrons. The van der Waals surface area contributed by atoms with Gasteiger partial charge in [0.15, 0.2) is 9.84 Å². The Labute approximate surface area is 134 Å². The second-order valence-corrected chi connectivity index (χ2v) is 7.64. The lowest BCUT2D eigenvalue weighted by Gasteiger charge is -2.12. The number of hydrogen-bond acceptors (Lipinski definition) is 3. The van der Waals surface area contributed by atoms with Crippen LogP contribution >= 0.6 is 23.2 Å². The second-order valence-electron chi connectivity index (χ2n) is 4.81. The average molecular weight is 345 g/mol. The summed E-state index contributed by atoms with van der Waals surface area (Å²) in [6, 6.07) is 11.4. The molecule has 0 spiro atoms. The highest BCUT2D eigenvalue weighted by Gasteiger charge is 2.13. The molecule has 2 aromatic carbocycles. The van der Waals surface area contributed by atoms with E-state index in [0.717, 1.165) is 11.8 Å². The molecule has 0 aliphatic carbocycles. The minimum atomic E-state index is -3.29. The first-order valence-corrected chi connectivity index (χ1v) is 8.84. The molecule has 0 aromatic heterocycles. The van der Waals surface area contributed by atoms with Crippen molar-refractivity contribution in [1.82, 2.24) is 0 Å². The van der Waals surface area contributed by atoms with Crippen LogP contribution in [-0.2, 0) is 16.3 Å². The van der Waals surface area contributed by atoms with Crippen LogP contribution in [0.4, 0.5) is 0 Å². The molecule has 0 amide bonds. The van der Waals surface area contributed by atoms with Crippen LogP contribution in [0.3, 0.4) is 0 Å². The third-order valence-corrected chi connectivity index (χ3v) is 4.93. The highest BCUT2D eigenvalue weighted by molar-refractivity contribution is 7.90. The molecular weight excluding hydrogens is 331 g/mol. The Balaban J connectivity index is 2.24. The van der Waals surface area contributed by atoms with Gasteiger partial charge in [-0.1, -0.05) is 41.4 Å². The Morgan fingerprint density at radius 2 is 1.81 bits per heavy atom. The molecule has 21 heavy (non-hydrogen) atoms. The molecule has 0 heterocycles. The van der Waals surface area contributed by atoms with Crippen molar-refractivity contribution in [2.45, 2.75) is 17.4 Å². The number of hydrogen-bond donors (Lipinski definition) is 1. The molecule has 6 heteroatoms. The van der Waals surface area contributed by atoms with Gasteiger partial charge in [0.1, 0.15) is 0 Å². The van der Waals surface area contributed by atoms with Crippen LogP contribution in [0.15, 0.2) is 47.4 Å². The maximum absolute atomic E-state index is 11.5. The van der Waals surface area contributed by atoms with E-state index in [-0.39, 0.29) is 4.90 Å². The van der Waals surface area contributed by atoms with Crippen molar-refractivity contribution in [3.05, 3.63) is 63.6 Å². The first-order chi connectivity index (χ1) is 9.77. The number of halogens is 2. The van der Waals surface area contributed by atoms with Crippen LogP contribution in [0.25, 0.3) is 0 Å². The molecule has 1 N–H and O–H groups in total. The number of sulfone groups is 1. The molecule has 2 aromatic rings. The Morgan fingerprint density at radius 1 is 1.10 bits per heavy atom. The minimum absolute atomic E-state index is 0.188. The number of aliphatic hydroxyl groups is 1. The molecule has 1 unspecified atom stereocenters. The zero-order chi connectivity index (χ0) is 15.6. The van der Waals surface area contributed by atoms with E-state index >= 15 is 0 Å². The van der Waals surface area contributed by atoms with E-state index in [0.29, 0.717) is 22.0 Å². The first kappa shape index (κ1) is 16.3. The Bertz CT molecular complexity index is 757. The number of aliphatic hydroxyl groups excluding tert-OH is 1. The fourth-order valence-corrected chi connectivity index (χ4v) is 2.96. The summed E-state index contributed by atoms with van der Waals surface area (Å²) in [5.74, 6) is 0.